The first-order chi connectivity index (χ1) is 8.19. The minimum absolute atomic E-state index is 0.0491. The first-order valence-corrected chi connectivity index (χ1v) is 5.02. The van der Waals surface area contributed by atoms with Gasteiger partial charge in [-0.25, -0.2) is 0 Å². The Bertz CT molecular complexity index is 446. The molecule has 100 valence electrons. The average molecular weight is 263 g/mol. The summed E-state index contributed by atoms with van der Waals surface area (Å²) in [6.45, 7) is 1.56. The van der Waals surface area contributed by atoms with Crippen LogP contribution in [0.15, 0.2) is 18.2 Å². The van der Waals surface area contributed by atoms with E-state index in [0.717, 1.165) is 6.07 Å². The quantitative estimate of drug-likeness (QED) is 0.869. The molecule has 0 saturated carbocycles. The Balaban J connectivity index is 2.83. The molecule has 4 nitrogen and oxygen atoms in total. The SMILES string of the molecule is Cc1cc(OC(F)(F)F)ccc1CC(N)C(=O)O. The molecular formula is C11H12F3NO3. The minimum atomic E-state index is -4.74. The van der Waals surface area contributed by atoms with Crippen LogP contribution in [0.2, 0.25) is 0 Å². The van der Waals surface area contributed by atoms with Gasteiger partial charge in [-0.1, -0.05) is 6.07 Å². The molecule has 0 heterocycles. The number of carboxylic acid groups (broad SMARTS) is 1. The van der Waals surface area contributed by atoms with Crippen LogP contribution in [0.4, 0.5) is 13.2 Å². The lowest BCUT2D eigenvalue weighted by Gasteiger charge is -2.13. The van der Waals surface area contributed by atoms with E-state index in [-0.39, 0.29) is 12.2 Å². The van der Waals surface area contributed by atoms with Crippen molar-refractivity contribution in [3.05, 3.63) is 29.3 Å². The number of alkyl halides is 3. The molecule has 0 radical (unpaired) electrons. The van der Waals surface area contributed by atoms with E-state index in [4.69, 9.17) is 10.8 Å². The summed E-state index contributed by atoms with van der Waals surface area (Å²) in [7, 11) is 0. The summed E-state index contributed by atoms with van der Waals surface area (Å²) < 4.78 is 39.7. The van der Waals surface area contributed by atoms with Crippen LogP contribution in [0.1, 0.15) is 11.1 Å². The number of nitrogens with two attached hydrogens (primary N) is 1. The van der Waals surface area contributed by atoms with Crippen LogP contribution < -0.4 is 10.5 Å². The van der Waals surface area contributed by atoms with E-state index in [1.54, 1.807) is 6.92 Å². The number of aryl methyl sites for hydroxylation is 1. The van der Waals surface area contributed by atoms with Crippen molar-refractivity contribution in [1.29, 1.82) is 0 Å². The van der Waals surface area contributed by atoms with E-state index in [0.29, 0.717) is 11.1 Å². The van der Waals surface area contributed by atoms with Crippen LogP contribution in [-0.4, -0.2) is 23.5 Å². The topological polar surface area (TPSA) is 72.5 Å². The number of carboxylic acids is 1. The lowest BCUT2D eigenvalue weighted by Crippen LogP contribution is -2.32. The van der Waals surface area contributed by atoms with Crippen LogP contribution in [0.3, 0.4) is 0 Å². The fourth-order valence-corrected chi connectivity index (χ4v) is 1.42. The zero-order valence-electron chi connectivity index (χ0n) is 9.49. The number of hydrogen-bond donors (Lipinski definition) is 2. The first-order valence-electron chi connectivity index (χ1n) is 5.02. The predicted octanol–water partition coefficient (Wildman–Crippen LogP) is 1.85. The molecule has 0 bridgehead atoms. The number of aliphatic carboxylic acids is 1. The highest BCUT2D eigenvalue weighted by molar-refractivity contribution is 5.73. The molecule has 0 aliphatic heterocycles. The Labute approximate surface area is 101 Å². The second-order valence-corrected chi connectivity index (χ2v) is 3.78. The predicted molar refractivity (Wildman–Crippen MR) is 57.2 cm³/mol. The summed E-state index contributed by atoms with van der Waals surface area (Å²) >= 11 is 0. The minimum Gasteiger partial charge on any atom is -0.480 e. The number of rotatable bonds is 4. The van der Waals surface area contributed by atoms with Crippen molar-refractivity contribution in [1.82, 2.24) is 0 Å². The van der Waals surface area contributed by atoms with E-state index >= 15 is 0 Å². The van der Waals surface area contributed by atoms with Crippen LogP contribution >= 0.6 is 0 Å². The number of hydrogen-bond acceptors (Lipinski definition) is 3. The maximum Gasteiger partial charge on any atom is 0.573 e. The van der Waals surface area contributed by atoms with Crippen molar-refractivity contribution >= 4 is 5.97 Å². The van der Waals surface area contributed by atoms with E-state index in [9.17, 15) is 18.0 Å². The number of halogens is 3. The van der Waals surface area contributed by atoms with Gasteiger partial charge in [-0.2, -0.15) is 0 Å². The van der Waals surface area contributed by atoms with Crippen molar-refractivity contribution in [2.45, 2.75) is 25.7 Å². The van der Waals surface area contributed by atoms with Gasteiger partial charge in [0.15, 0.2) is 0 Å². The van der Waals surface area contributed by atoms with Gasteiger partial charge in [0.25, 0.3) is 0 Å². The summed E-state index contributed by atoms with van der Waals surface area (Å²) in [5.41, 5.74) is 6.41. The summed E-state index contributed by atoms with van der Waals surface area (Å²) in [5.74, 6) is -1.50. The van der Waals surface area contributed by atoms with Gasteiger partial charge < -0.3 is 15.6 Å². The van der Waals surface area contributed by atoms with E-state index in [1.165, 1.54) is 12.1 Å². The molecule has 0 saturated heterocycles. The van der Waals surface area contributed by atoms with Crippen molar-refractivity contribution in [2.75, 3.05) is 0 Å². The lowest BCUT2D eigenvalue weighted by atomic mass is 10.0. The molecule has 0 aliphatic carbocycles. The Kier molecular flexibility index (Phi) is 4.18. The van der Waals surface area contributed by atoms with Crippen LogP contribution in [-0.2, 0) is 11.2 Å². The second kappa shape index (κ2) is 5.26. The van der Waals surface area contributed by atoms with E-state index < -0.39 is 18.4 Å². The molecule has 1 atom stereocenters. The normalized spacial score (nSPS) is 13.2. The monoisotopic (exact) mass is 263 g/mol. The smallest absolute Gasteiger partial charge is 0.480 e. The zero-order chi connectivity index (χ0) is 13.9. The van der Waals surface area contributed by atoms with Crippen LogP contribution in [0.5, 0.6) is 5.75 Å². The van der Waals surface area contributed by atoms with Gasteiger partial charge in [0.1, 0.15) is 11.8 Å². The maximum atomic E-state index is 12.0. The average Bonchev–Trinajstić information content (AvgIpc) is 2.19. The molecule has 0 aliphatic rings. The summed E-state index contributed by atoms with van der Waals surface area (Å²) in [5, 5.41) is 8.64. The Morgan fingerprint density at radius 1 is 1.50 bits per heavy atom. The molecule has 0 amide bonds. The van der Waals surface area contributed by atoms with Crippen LogP contribution in [0.25, 0.3) is 0 Å². The van der Waals surface area contributed by atoms with Crippen molar-refractivity contribution in [3.8, 4) is 5.75 Å². The molecule has 1 unspecified atom stereocenters. The highest BCUT2D eigenvalue weighted by Gasteiger charge is 2.31. The molecule has 7 heteroatoms. The van der Waals surface area contributed by atoms with Crippen molar-refractivity contribution < 1.29 is 27.8 Å². The van der Waals surface area contributed by atoms with E-state index in [2.05, 4.69) is 4.74 Å². The van der Waals surface area contributed by atoms with Gasteiger partial charge in [-0.15, -0.1) is 13.2 Å². The standard InChI is InChI=1S/C11H12F3NO3/c1-6-4-8(18-11(12,13)14)3-2-7(6)5-9(15)10(16)17/h2-4,9H,5,15H2,1H3,(H,16,17). The molecular weight excluding hydrogens is 251 g/mol. The highest BCUT2D eigenvalue weighted by Crippen LogP contribution is 2.25. The van der Waals surface area contributed by atoms with Gasteiger partial charge in [0.2, 0.25) is 0 Å². The van der Waals surface area contributed by atoms with Gasteiger partial charge in [0.05, 0.1) is 0 Å². The highest BCUT2D eigenvalue weighted by atomic mass is 19.4. The largest absolute Gasteiger partial charge is 0.573 e. The van der Waals surface area contributed by atoms with E-state index in [1.807, 2.05) is 0 Å². The molecule has 0 fully saturated rings. The van der Waals surface area contributed by atoms with Gasteiger partial charge >= 0.3 is 12.3 Å². The Morgan fingerprint density at radius 3 is 2.56 bits per heavy atom. The Morgan fingerprint density at radius 2 is 2.11 bits per heavy atom. The summed E-state index contributed by atoms with van der Waals surface area (Å²) in [4.78, 5) is 10.6. The third kappa shape index (κ3) is 4.25. The third-order valence-corrected chi connectivity index (χ3v) is 2.30. The van der Waals surface area contributed by atoms with Gasteiger partial charge in [0, 0.05) is 0 Å². The van der Waals surface area contributed by atoms with Crippen LogP contribution in [0, 0.1) is 6.92 Å². The molecule has 18 heavy (non-hydrogen) atoms. The molecule has 1 aromatic rings. The van der Waals surface area contributed by atoms with Gasteiger partial charge in [-0.3, -0.25) is 4.79 Å². The second-order valence-electron chi connectivity index (χ2n) is 3.78. The fourth-order valence-electron chi connectivity index (χ4n) is 1.42. The zero-order valence-corrected chi connectivity index (χ0v) is 9.49. The first kappa shape index (κ1) is 14.3. The third-order valence-electron chi connectivity index (χ3n) is 2.30. The molecule has 0 spiro atoms. The molecule has 0 aromatic heterocycles. The number of ether oxygens (including phenoxy) is 1. The molecule has 1 aromatic carbocycles. The lowest BCUT2D eigenvalue weighted by molar-refractivity contribution is -0.274. The number of benzene rings is 1. The van der Waals surface area contributed by atoms with Crippen molar-refractivity contribution in [3.63, 3.8) is 0 Å². The molecule has 1 rings (SSSR count). The molecule has 3 N–H and O–H groups in total. The van der Waals surface area contributed by atoms with Crippen molar-refractivity contribution in [2.24, 2.45) is 5.73 Å². The summed E-state index contributed by atoms with van der Waals surface area (Å²) in [6, 6.07) is 2.61. The fraction of sp³-hybridized carbons (Fsp3) is 0.364. The maximum absolute atomic E-state index is 12.0. The summed E-state index contributed by atoms with van der Waals surface area (Å²) in [6.07, 6.45) is -4.70. The Hall–Kier alpha value is -1.76. The van der Waals surface area contributed by atoms with Gasteiger partial charge in [-0.05, 0) is 36.6 Å². The number of carbonyl (C=O) groups is 1.